The molecule has 1 N–H and O–H groups in total. The van der Waals surface area contributed by atoms with Gasteiger partial charge in [0.25, 0.3) is 0 Å². The van der Waals surface area contributed by atoms with Crippen molar-refractivity contribution in [3.8, 4) is 0 Å². The van der Waals surface area contributed by atoms with Gasteiger partial charge in [0, 0.05) is 13.1 Å². The van der Waals surface area contributed by atoms with E-state index in [1.54, 1.807) is 24.3 Å². The lowest BCUT2D eigenvalue weighted by atomic mass is 9.79. The van der Waals surface area contributed by atoms with Gasteiger partial charge in [0.2, 0.25) is 5.91 Å². The minimum Gasteiger partial charge on any atom is -0.478 e. The normalized spacial score (nSPS) is 22.1. The van der Waals surface area contributed by atoms with Crippen molar-refractivity contribution in [1.82, 2.24) is 4.90 Å². The Morgan fingerprint density at radius 2 is 2.05 bits per heavy atom. The van der Waals surface area contributed by atoms with Crippen LogP contribution in [0.15, 0.2) is 24.3 Å². The minimum absolute atomic E-state index is 0.0306. The monoisotopic (exact) mass is 289 g/mol. The summed E-state index contributed by atoms with van der Waals surface area (Å²) in [5.41, 5.74) is 1.01. The van der Waals surface area contributed by atoms with Crippen molar-refractivity contribution in [3.63, 3.8) is 0 Å². The first-order chi connectivity index (χ1) is 9.95. The van der Waals surface area contributed by atoms with Gasteiger partial charge in [-0.25, -0.2) is 4.79 Å². The van der Waals surface area contributed by atoms with Crippen LogP contribution in [-0.2, 0) is 11.2 Å². The molecule has 2 rings (SSSR count). The fraction of sp³-hybridized carbons (Fsp3) is 0.529. The van der Waals surface area contributed by atoms with E-state index in [0.29, 0.717) is 5.56 Å². The van der Waals surface area contributed by atoms with Gasteiger partial charge in [-0.1, -0.05) is 32.0 Å². The largest absolute Gasteiger partial charge is 0.478 e. The van der Waals surface area contributed by atoms with E-state index in [-0.39, 0.29) is 23.3 Å². The second-order valence-corrected chi connectivity index (χ2v) is 6.22. The molecule has 0 radical (unpaired) electrons. The minimum atomic E-state index is -0.976. The van der Waals surface area contributed by atoms with Crippen LogP contribution in [0.1, 0.15) is 49.0 Å². The number of likely N-dealkylation sites (tertiary alicyclic amines) is 1. The van der Waals surface area contributed by atoms with Crippen molar-refractivity contribution in [1.29, 1.82) is 0 Å². The topological polar surface area (TPSA) is 57.6 Å². The predicted molar refractivity (Wildman–Crippen MR) is 81.3 cm³/mol. The van der Waals surface area contributed by atoms with E-state index >= 15 is 0 Å². The van der Waals surface area contributed by atoms with E-state index in [4.69, 9.17) is 0 Å². The molecule has 1 unspecified atom stereocenters. The Kier molecular flexibility index (Phi) is 4.66. The molecule has 1 aromatic rings. The van der Waals surface area contributed by atoms with Gasteiger partial charge in [-0.3, -0.25) is 4.79 Å². The van der Waals surface area contributed by atoms with E-state index < -0.39 is 5.97 Å². The van der Waals surface area contributed by atoms with Crippen molar-refractivity contribution >= 4 is 11.9 Å². The number of benzene rings is 1. The molecule has 0 aromatic heterocycles. The summed E-state index contributed by atoms with van der Waals surface area (Å²) < 4.78 is 0. The van der Waals surface area contributed by atoms with Crippen molar-refractivity contribution in [2.45, 2.75) is 39.5 Å². The predicted octanol–water partition coefficient (Wildman–Crippen LogP) is 2.97. The number of hydrogen-bond donors (Lipinski definition) is 1. The molecule has 1 saturated heterocycles. The molecule has 1 heterocycles. The van der Waals surface area contributed by atoms with Gasteiger partial charge in [-0.15, -0.1) is 0 Å². The molecule has 114 valence electrons. The van der Waals surface area contributed by atoms with Gasteiger partial charge >= 0.3 is 5.97 Å². The number of carboxylic acids is 1. The number of carbonyl (C=O) groups is 2. The fourth-order valence-electron chi connectivity index (χ4n) is 2.97. The number of nitrogens with zero attached hydrogens (tertiary/aromatic N) is 1. The van der Waals surface area contributed by atoms with Crippen molar-refractivity contribution in [2.24, 2.45) is 5.41 Å². The third-order valence-corrected chi connectivity index (χ3v) is 4.58. The van der Waals surface area contributed by atoms with Crippen LogP contribution in [0.4, 0.5) is 0 Å². The standard InChI is InChI=1S/C17H23NO3/c1-3-17(2)9-6-10-18(12-17)15(19)11-13-7-4-5-8-14(13)16(20)21/h4-5,7-8H,3,6,9-12H2,1-2H3,(H,20,21). The first-order valence-corrected chi connectivity index (χ1v) is 7.54. The number of carboxylic acid groups (broad SMARTS) is 1. The summed E-state index contributed by atoms with van der Waals surface area (Å²) in [6, 6.07) is 6.75. The molecule has 0 bridgehead atoms. The lowest BCUT2D eigenvalue weighted by molar-refractivity contribution is -0.133. The fourth-order valence-corrected chi connectivity index (χ4v) is 2.97. The average molecular weight is 289 g/mol. The maximum Gasteiger partial charge on any atom is 0.335 e. The number of rotatable bonds is 4. The van der Waals surface area contributed by atoms with Crippen LogP contribution in [0, 0.1) is 5.41 Å². The molecule has 21 heavy (non-hydrogen) atoms. The maximum absolute atomic E-state index is 12.5. The number of hydrogen-bond acceptors (Lipinski definition) is 2. The van der Waals surface area contributed by atoms with E-state index in [1.165, 1.54) is 0 Å². The van der Waals surface area contributed by atoms with Crippen LogP contribution in [-0.4, -0.2) is 35.0 Å². The molecule has 1 aromatic carbocycles. The Balaban J connectivity index is 2.10. The molecule has 4 heteroatoms. The Morgan fingerprint density at radius 1 is 1.33 bits per heavy atom. The summed E-state index contributed by atoms with van der Waals surface area (Å²) in [4.78, 5) is 25.6. The Morgan fingerprint density at radius 3 is 2.71 bits per heavy atom. The van der Waals surface area contributed by atoms with Crippen LogP contribution in [0.5, 0.6) is 0 Å². The summed E-state index contributed by atoms with van der Waals surface area (Å²) in [6.45, 7) is 5.94. The number of piperidine rings is 1. The second-order valence-electron chi connectivity index (χ2n) is 6.22. The maximum atomic E-state index is 12.5. The quantitative estimate of drug-likeness (QED) is 0.927. The third kappa shape index (κ3) is 3.63. The number of aromatic carboxylic acids is 1. The van der Waals surface area contributed by atoms with E-state index in [1.807, 2.05) is 4.90 Å². The number of amides is 1. The van der Waals surface area contributed by atoms with Gasteiger partial charge < -0.3 is 10.0 Å². The van der Waals surface area contributed by atoms with E-state index in [0.717, 1.165) is 32.4 Å². The number of carbonyl (C=O) groups excluding carboxylic acids is 1. The summed E-state index contributed by atoms with van der Waals surface area (Å²) in [6.07, 6.45) is 3.40. The molecule has 0 aliphatic carbocycles. The van der Waals surface area contributed by atoms with Crippen molar-refractivity contribution in [3.05, 3.63) is 35.4 Å². The van der Waals surface area contributed by atoms with Gasteiger partial charge in [-0.05, 0) is 36.3 Å². The molecule has 1 aliphatic heterocycles. The molecule has 1 aliphatic rings. The molecule has 1 fully saturated rings. The van der Waals surface area contributed by atoms with Gasteiger partial charge in [0.05, 0.1) is 12.0 Å². The van der Waals surface area contributed by atoms with Crippen LogP contribution >= 0.6 is 0 Å². The van der Waals surface area contributed by atoms with Gasteiger partial charge in [0.15, 0.2) is 0 Å². The van der Waals surface area contributed by atoms with Crippen molar-refractivity contribution < 1.29 is 14.7 Å². The highest BCUT2D eigenvalue weighted by Crippen LogP contribution is 2.32. The van der Waals surface area contributed by atoms with Crippen LogP contribution in [0.2, 0.25) is 0 Å². The zero-order valence-electron chi connectivity index (χ0n) is 12.8. The summed E-state index contributed by atoms with van der Waals surface area (Å²) >= 11 is 0. The summed E-state index contributed by atoms with van der Waals surface area (Å²) in [5.74, 6) is -0.946. The summed E-state index contributed by atoms with van der Waals surface area (Å²) in [5, 5.41) is 9.19. The Labute approximate surface area is 125 Å². The van der Waals surface area contributed by atoms with Crippen LogP contribution in [0.25, 0.3) is 0 Å². The van der Waals surface area contributed by atoms with Gasteiger partial charge in [0.1, 0.15) is 0 Å². The molecule has 0 saturated carbocycles. The molecule has 1 atom stereocenters. The molecule has 0 spiro atoms. The van der Waals surface area contributed by atoms with Gasteiger partial charge in [-0.2, -0.15) is 0 Å². The zero-order chi connectivity index (χ0) is 15.5. The molecular formula is C17H23NO3. The average Bonchev–Trinajstić information content (AvgIpc) is 2.47. The lowest BCUT2D eigenvalue weighted by Gasteiger charge is -2.40. The second kappa shape index (κ2) is 6.29. The van der Waals surface area contributed by atoms with E-state index in [2.05, 4.69) is 13.8 Å². The highest BCUT2D eigenvalue weighted by Gasteiger charge is 2.31. The van der Waals surface area contributed by atoms with Crippen molar-refractivity contribution in [2.75, 3.05) is 13.1 Å². The zero-order valence-corrected chi connectivity index (χ0v) is 12.8. The Hall–Kier alpha value is -1.84. The lowest BCUT2D eigenvalue weighted by Crippen LogP contribution is -2.45. The summed E-state index contributed by atoms with van der Waals surface area (Å²) in [7, 11) is 0. The SMILES string of the molecule is CCC1(C)CCCN(C(=O)Cc2ccccc2C(=O)O)C1. The third-order valence-electron chi connectivity index (χ3n) is 4.58. The molecule has 4 nitrogen and oxygen atoms in total. The smallest absolute Gasteiger partial charge is 0.335 e. The van der Waals surface area contributed by atoms with Crippen LogP contribution in [0.3, 0.4) is 0 Å². The van der Waals surface area contributed by atoms with Crippen LogP contribution < -0.4 is 0 Å². The molecule has 1 amide bonds. The highest BCUT2D eigenvalue weighted by molar-refractivity contribution is 5.91. The van der Waals surface area contributed by atoms with E-state index in [9.17, 15) is 14.7 Å². The first kappa shape index (κ1) is 15.5. The highest BCUT2D eigenvalue weighted by atomic mass is 16.4. The Bertz CT molecular complexity index is 541. The molecular weight excluding hydrogens is 266 g/mol. The first-order valence-electron chi connectivity index (χ1n) is 7.54.